The zero-order valence-electron chi connectivity index (χ0n) is 1.94. The predicted molar refractivity (Wildman–Crippen MR) is 23.9 cm³/mol. The zero-order valence-corrected chi connectivity index (χ0v) is 5.01. The number of hydrogen-bond acceptors (Lipinski definition) is 1. The van der Waals surface area contributed by atoms with E-state index in [1.807, 2.05) is 0 Å². The summed E-state index contributed by atoms with van der Waals surface area (Å²) in [6, 6.07) is 0. The largest absolute Gasteiger partial charge is 0.269 e. The quantitative estimate of drug-likeness (QED) is 0.268. The van der Waals surface area contributed by atoms with Crippen molar-refractivity contribution >= 4 is 30.2 Å². The molecule has 0 saturated carbocycles. The molecular formula is H3ClOSSi. The molecule has 0 aromatic carbocycles. The van der Waals surface area contributed by atoms with Crippen LogP contribution in [-0.4, -0.2) is 12.2 Å². The Kier molecular flexibility index (Phi) is 4.26. The molecule has 0 saturated heterocycles. The highest BCUT2D eigenvalue weighted by molar-refractivity contribution is 8.00. The average molecular weight is 115 g/mol. The highest BCUT2D eigenvalue weighted by Gasteiger charge is 1.57. The van der Waals surface area contributed by atoms with Crippen molar-refractivity contribution in [2.24, 2.45) is 0 Å². The van der Waals surface area contributed by atoms with E-state index in [1.54, 1.807) is 0 Å². The second kappa shape index (κ2) is 3.66. The fraction of sp³-hybridized carbons (Fsp3) is 0. The number of hydrogen-bond donors (Lipinski definition) is 1. The van der Waals surface area contributed by atoms with E-state index in [-0.39, 0.29) is 11.1 Å². The summed E-state index contributed by atoms with van der Waals surface area (Å²) >= 11 is 5.15. The molecule has 4 heteroatoms. The van der Waals surface area contributed by atoms with Crippen LogP contribution in [0.1, 0.15) is 0 Å². The Balaban J connectivity index is 2.30. The molecule has 0 aliphatic carbocycles. The van der Waals surface area contributed by atoms with Crippen LogP contribution in [0.3, 0.4) is 0 Å². The van der Waals surface area contributed by atoms with E-state index in [4.69, 9.17) is 11.1 Å². The SMILES string of the molecule is O=[SH][SiH2]Cl. The summed E-state index contributed by atoms with van der Waals surface area (Å²) in [5, 5.41) is 0. The van der Waals surface area contributed by atoms with Crippen LogP contribution in [0.25, 0.3) is 0 Å². The van der Waals surface area contributed by atoms with Gasteiger partial charge in [0.2, 0.25) is 7.98 Å². The Hall–Kier alpha value is 0.657. The summed E-state index contributed by atoms with van der Waals surface area (Å²) in [5.74, 6) is 0. The van der Waals surface area contributed by atoms with Crippen molar-refractivity contribution in [1.29, 1.82) is 0 Å². The molecular weight excluding hydrogens is 112 g/mol. The first-order valence-electron chi connectivity index (χ1n) is 0.766. The van der Waals surface area contributed by atoms with Crippen molar-refractivity contribution in [3.05, 3.63) is 0 Å². The van der Waals surface area contributed by atoms with Crippen LogP contribution in [0.2, 0.25) is 0 Å². The van der Waals surface area contributed by atoms with Crippen molar-refractivity contribution in [2.75, 3.05) is 0 Å². The second-order valence-corrected chi connectivity index (χ2v) is 4.39. The molecule has 0 heterocycles. The van der Waals surface area contributed by atoms with Gasteiger partial charge in [0.25, 0.3) is 0 Å². The van der Waals surface area contributed by atoms with Gasteiger partial charge in [-0.15, -0.1) is 0 Å². The van der Waals surface area contributed by atoms with Crippen molar-refractivity contribution in [2.45, 2.75) is 0 Å². The Bertz CT molecular complexity index is 22.0. The molecule has 0 radical (unpaired) electrons. The van der Waals surface area contributed by atoms with E-state index < -0.39 is 7.98 Å². The van der Waals surface area contributed by atoms with Crippen LogP contribution in [0.15, 0.2) is 0 Å². The average Bonchev–Trinajstić information content (AvgIpc) is 1.37. The van der Waals surface area contributed by atoms with Crippen LogP contribution in [0.4, 0.5) is 0 Å². The van der Waals surface area contributed by atoms with Gasteiger partial charge in [0.1, 0.15) is 0 Å². The van der Waals surface area contributed by atoms with Crippen molar-refractivity contribution in [1.82, 2.24) is 0 Å². The number of halogens is 1. The van der Waals surface area contributed by atoms with E-state index >= 15 is 0 Å². The Morgan fingerprint density at radius 3 is 2.25 bits per heavy atom. The molecule has 0 aliphatic rings. The fourth-order valence-electron chi connectivity index (χ4n) is 0. The summed E-state index contributed by atoms with van der Waals surface area (Å²) < 4.78 is 9.20. The maximum Gasteiger partial charge on any atom is 0.221 e. The number of thiol groups is 1. The molecule has 26 valence electrons. The summed E-state index contributed by atoms with van der Waals surface area (Å²) in [6.45, 7) is 0. The Morgan fingerprint density at radius 2 is 2.25 bits per heavy atom. The van der Waals surface area contributed by atoms with Crippen LogP contribution < -0.4 is 0 Å². The van der Waals surface area contributed by atoms with Crippen LogP contribution in [-0.2, 0) is 11.1 Å². The lowest BCUT2D eigenvalue weighted by Gasteiger charge is -1.48. The van der Waals surface area contributed by atoms with Gasteiger partial charge in [0.05, 0.1) is 0 Å². The first-order chi connectivity index (χ1) is 1.91. The minimum atomic E-state index is -0.687. The first kappa shape index (κ1) is 4.66. The minimum Gasteiger partial charge on any atom is -0.269 e. The van der Waals surface area contributed by atoms with Crippen LogP contribution >= 0.6 is 11.1 Å². The Morgan fingerprint density at radius 1 is 2.00 bits per heavy atom. The molecule has 4 heavy (non-hydrogen) atoms. The van der Waals surface area contributed by atoms with Gasteiger partial charge in [-0.2, -0.15) is 11.1 Å². The normalized spacial score (nSPS) is 10.2. The highest BCUT2D eigenvalue weighted by atomic mass is 35.6. The molecule has 0 N–H and O–H groups in total. The van der Waals surface area contributed by atoms with Gasteiger partial charge >= 0.3 is 0 Å². The minimum absolute atomic E-state index is 0.153. The first-order valence-corrected chi connectivity index (χ1v) is 5.80. The predicted octanol–water partition coefficient (Wildman–Crippen LogP) is -0.831. The van der Waals surface area contributed by atoms with Crippen molar-refractivity contribution < 1.29 is 4.21 Å². The van der Waals surface area contributed by atoms with E-state index in [0.717, 1.165) is 0 Å². The molecule has 0 fully saturated rings. The summed E-state index contributed by atoms with van der Waals surface area (Å²) in [4.78, 5) is 0. The smallest absolute Gasteiger partial charge is 0.221 e. The third-order valence-corrected chi connectivity index (χ3v) is 1.32. The van der Waals surface area contributed by atoms with Gasteiger partial charge < -0.3 is 0 Å². The fourth-order valence-corrected chi connectivity index (χ4v) is 0. The van der Waals surface area contributed by atoms with E-state index in [0.29, 0.717) is 0 Å². The molecule has 0 aromatic heterocycles. The summed E-state index contributed by atoms with van der Waals surface area (Å²) in [5.41, 5.74) is 0. The highest BCUT2D eigenvalue weighted by Crippen LogP contribution is 1.55. The molecule has 0 spiro atoms. The number of rotatable bonds is 1. The van der Waals surface area contributed by atoms with Gasteiger partial charge in [-0.05, 0) is 11.1 Å². The van der Waals surface area contributed by atoms with Gasteiger partial charge in [0.15, 0.2) is 0 Å². The maximum atomic E-state index is 9.20. The molecule has 0 atom stereocenters. The summed E-state index contributed by atoms with van der Waals surface area (Å²) in [6.07, 6.45) is 0. The molecule has 0 aliphatic heterocycles. The third kappa shape index (κ3) is 2.66. The van der Waals surface area contributed by atoms with Gasteiger partial charge in [-0.25, -0.2) is 0 Å². The van der Waals surface area contributed by atoms with E-state index in [1.165, 1.54) is 0 Å². The molecule has 0 bridgehead atoms. The van der Waals surface area contributed by atoms with Gasteiger partial charge in [0, 0.05) is 0 Å². The van der Waals surface area contributed by atoms with Crippen molar-refractivity contribution in [3.63, 3.8) is 0 Å². The molecule has 0 amide bonds. The molecule has 0 unspecified atom stereocenters. The topological polar surface area (TPSA) is 17.1 Å². The van der Waals surface area contributed by atoms with E-state index in [2.05, 4.69) is 0 Å². The summed E-state index contributed by atoms with van der Waals surface area (Å²) in [7, 11) is -0.687. The van der Waals surface area contributed by atoms with Gasteiger partial charge in [-0.3, -0.25) is 4.21 Å². The standard InChI is InChI=1S/ClH3OSSi/c1-4-3-2/h3H,4H2. The zero-order chi connectivity index (χ0) is 3.41. The Labute approximate surface area is 35.0 Å². The molecule has 0 rings (SSSR count). The lowest BCUT2D eigenvalue weighted by atomic mass is 16.0. The maximum absolute atomic E-state index is 9.20. The van der Waals surface area contributed by atoms with Gasteiger partial charge in [-0.1, -0.05) is 0 Å². The van der Waals surface area contributed by atoms with Crippen molar-refractivity contribution in [3.8, 4) is 0 Å². The lowest BCUT2D eigenvalue weighted by Crippen LogP contribution is -1.62. The van der Waals surface area contributed by atoms with Crippen LogP contribution in [0.5, 0.6) is 0 Å². The lowest BCUT2D eigenvalue weighted by molar-refractivity contribution is 0.700. The van der Waals surface area contributed by atoms with Crippen LogP contribution in [0, 0.1) is 0 Å². The third-order valence-electron chi connectivity index (χ3n) is 0.0488. The van der Waals surface area contributed by atoms with E-state index in [9.17, 15) is 4.21 Å². The molecule has 1 nitrogen and oxygen atoms in total. The second-order valence-electron chi connectivity index (χ2n) is 0.249. The monoisotopic (exact) mass is 114 g/mol. The molecule has 0 aromatic rings.